The lowest BCUT2D eigenvalue weighted by molar-refractivity contribution is 0.385. The van der Waals surface area contributed by atoms with Crippen LogP contribution in [0.25, 0.3) is 0 Å². The Labute approximate surface area is 135 Å². The number of halogens is 2. The molecule has 116 valence electrons. The van der Waals surface area contributed by atoms with Crippen LogP contribution in [0, 0.1) is 5.82 Å². The molecule has 0 aromatic heterocycles. The molecule has 3 rings (SSSR count). The van der Waals surface area contributed by atoms with Crippen LogP contribution in [0.4, 0.5) is 4.39 Å². The second-order valence-corrected chi connectivity index (χ2v) is 6.16. The van der Waals surface area contributed by atoms with Gasteiger partial charge in [0.15, 0.2) is 11.6 Å². The number of hydrogen-bond donors (Lipinski definition) is 1. The van der Waals surface area contributed by atoms with Crippen LogP contribution in [0.2, 0.25) is 5.02 Å². The summed E-state index contributed by atoms with van der Waals surface area (Å²) in [5.74, 6) is 0.305. The Bertz CT molecular complexity index is 689. The standard InChI is InChI=1S/C18H19ClFNO/c1-21-17-9-12-8-16(20)18(22-2)10-14(12)15(17)7-11-4-3-5-13(19)6-11/h3-6,8,10,15,17,21H,7,9H2,1-2H3. The molecule has 0 bridgehead atoms. The zero-order valence-corrected chi connectivity index (χ0v) is 13.5. The summed E-state index contributed by atoms with van der Waals surface area (Å²) in [5.41, 5.74) is 3.41. The third kappa shape index (κ3) is 2.83. The first-order valence-electron chi connectivity index (χ1n) is 7.40. The molecule has 2 atom stereocenters. The van der Waals surface area contributed by atoms with Gasteiger partial charge in [0.2, 0.25) is 0 Å². The Morgan fingerprint density at radius 3 is 2.82 bits per heavy atom. The molecule has 0 saturated carbocycles. The molecule has 2 unspecified atom stereocenters. The van der Waals surface area contributed by atoms with Crippen molar-refractivity contribution in [2.75, 3.05) is 14.2 Å². The van der Waals surface area contributed by atoms with Crippen LogP contribution in [0.15, 0.2) is 36.4 Å². The van der Waals surface area contributed by atoms with E-state index in [-0.39, 0.29) is 11.7 Å². The van der Waals surface area contributed by atoms with E-state index in [2.05, 4.69) is 11.4 Å². The Kier molecular flexibility index (Phi) is 4.37. The second kappa shape index (κ2) is 6.27. The topological polar surface area (TPSA) is 21.3 Å². The maximum absolute atomic E-state index is 13.9. The van der Waals surface area contributed by atoms with Gasteiger partial charge in [-0.2, -0.15) is 0 Å². The van der Waals surface area contributed by atoms with Crippen LogP contribution >= 0.6 is 11.6 Å². The summed E-state index contributed by atoms with van der Waals surface area (Å²) in [7, 11) is 3.45. The molecular formula is C18H19ClFNO. The third-order valence-electron chi connectivity index (χ3n) is 4.45. The molecule has 0 saturated heterocycles. The number of hydrogen-bond acceptors (Lipinski definition) is 2. The molecule has 1 N–H and O–H groups in total. The van der Waals surface area contributed by atoms with E-state index < -0.39 is 0 Å². The van der Waals surface area contributed by atoms with Gasteiger partial charge in [0.1, 0.15) is 0 Å². The third-order valence-corrected chi connectivity index (χ3v) is 4.69. The van der Waals surface area contributed by atoms with Crippen LogP contribution in [0.5, 0.6) is 5.75 Å². The van der Waals surface area contributed by atoms with E-state index in [9.17, 15) is 4.39 Å². The monoisotopic (exact) mass is 319 g/mol. The molecule has 4 heteroatoms. The molecule has 2 aromatic rings. The molecule has 0 radical (unpaired) electrons. The summed E-state index contributed by atoms with van der Waals surface area (Å²) in [4.78, 5) is 0. The molecule has 0 heterocycles. The zero-order valence-electron chi connectivity index (χ0n) is 12.7. The molecule has 0 fully saturated rings. The number of likely N-dealkylation sites (N-methyl/N-ethyl adjacent to an activating group) is 1. The van der Waals surface area contributed by atoms with Crippen molar-refractivity contribution in [3.63, 3.8) is 0 Å². The summed E-state index contributed by atoms with van der Waals surface area (Å²) in [6.07, 6.45) is 1.70. The number of ether oxygens (including phenoxy) is 1. The van der Waals surface area contributed by atoms with Gasteiger partial charge in [-0.25, -0.2) is 4.39 Å². The predicted molar refractivity (Wildman–Crippen MR) is 87.4 cm³/mol. The van der Waals surface area contributed by atoms with E-state index in [1.165, 1.54) is 12.7 Å². The predicted octanol–water partition coefficient (Wildman–Crippen LogP) is 3.96. The molecule has 22 heavy (non-hydrogen) atoms. The van der Waals surface area contributed by atoms with Gasteiger partial charge in [-0.3, -0.25) is 0 Å². The number of benzene rings is 2. The number of fused-ring (bicyclic) bond motifs is 1. The van der Waals surface area contributed by atoms with Crippen molar-refractivity contribution < 1.29 is 9.13 Å². The smallest absolute Gasteiger partial charge is 0.165 e. The molecule has 0 amide bonds. The minimum Gasteiger partial charge on any atom is -0.494 e. The lowest BCUT2D eigenvalue weighted by Crippen LogP contribution is -2.30. The van der Waals surface area contributed by atoms with Crippen molar-refractivity contribution in [1.82, 2.24) is 5.32 Å². The highest BCUT2D eigenvalue weighted by Gasteiger charge is 2.32. The first-order valence-corrected chi connectivity index (χ1v) is 7.78. The summed E-state index contributed by atoms with van der Waals surface area (Å²) in [6, 6.07) is 11.7. The average molecular weight is 320 g/mol. The largest absolute Gasteiger partial charge is 0.494 e. The van der Waals surface area contributed by atoms with Gasteiger partial charge in [0.05, 0.1) is 7.11 Å². The van der Waals surface area contributed by atoms with E-state index in [4.69, 9.17) is 16.3 Å². The van der Waals surface area contributed by atoms with Crippen LogP contribution < -0.4 is 10.1 Å². The fourth-order valence-corrected chi connectivity index (χ4v) is 3.57. The van der Waals surface area contributed by atoms with E-state index >= 15 is 0 Å². The summed E-state index contributed by atoms with van der Waals surface area (Å²) >= 11 is 6.08. The van der Waals surface area contributed by atoms with Gasteiger partial charge in [0, 0.05) is 17.0 Å². The molecule has 1 aliphatic rings. The molecule has 1 aliphatic carbocycles. The van der Waals surface area contributed by atoms with Crippen LogP contribution in [-0.2, 0) is 12.8 Å². The van der Waals surface area contributed by atoms with E-state index in [1.807, 2.05) is 31.3 Å². The van der Waals surface area contributed by atoms with Crippen LogP contribution in [0.1, 0.15) is 22.6 Å². The SMILES string of the molecule is CNC1Cc2cc(F)c(OC)cc2C1Cc1cccc(Cl)c1. The normalized spacial score (nSPS) is 20.0. The fraction of sp³-hybridized carbons (Fsp3) is 0.333. The van der Waals surface area contributed by atoms with Gasteiger partial charge in [-0.15, -0.1) is 0 Å². The highest BCUT2D eigenvalue weighted by Crippen LogP contribution is 2.39. The molecule has 0 aliphatic heterocycles. The first kappa shape index (κ1) is 15.3. The molecule has 2 nitrogen and oxygen atoms in total. The van der Waals surface area contributed by atoms with Crippen molar-refractivity contribution in [3.05, 3.63) is 63.9 Å². The fourth-order valence-electron chi connectivity index (χ4n) is 3.36. The van der Waals surface area contributed by atoms with Crippen LogP contribution in [0.3, 0.4) is 0 Å². The van der Waals surface area contributed by atoms with Crippen molar-refractivity contribution in [3.8, 4) is 5.75 Å². The maximum atomic E-state index is 13.9. The lowest BCUT2D eigenvalue weighted by atomic mass is 9.91. The highest BCUT2D eigenvalue weighted by atomic mass is 35.5. The number of rotatable bonds is 4. The minimum atomic E-state index is -0.292. The van der Waals surface area contributed by atoms with E-state index in [0.29, 0.717) is 11.8 Å². The molecular weight excluding hydrogens is 301 g/mol. The van der Waals surface area contributed by atoms with Gasteiger partial charge < -0.3 is 10.1 Å². The summed E-state index contributed by atoms with van der Waals surface area (Å²) in [5, 5.41) is 4.10. The summed E-state index contributed by atoms with van der Waals surface area (Å²) in [6.45, 7) is 0. The Hall–Kier alpha value is -1.58. The maximum Gasteiger partial charge on any atom is 0.165 e. The second-order valence-electron chi connectivity index (χ2n) is 5.73. The minimum absolute atomic E-state index is 0.285. The van der Waals surface area contributed by atoms with Gasteiger partial charge in [-0.1, -0.05) is 23.7 Å². The number of methoxy groups -OCH3 is 1. The van der Waals surface area contributed by atoms with Crippen molar-refractivity contribution >= 4 is 11.6 Å². The lowest BCUT2D eigenvalue weighted by Gasteiger charge is -2.20. The average Bonchev–Trinajstić information content (AvgIpc) is 2.83. The van der Waals surface area contributed by atoms with Crippen molar-refractivity contribution in [2.45, 2.75) is 24.8 Å². The van der Waals surface area contributed by atoms with E-state index in [0.717, 1.165) is 29.0 Å². The summed E-state index contributed by atoms with van der Waals surface area (Å²) < 4.78 is 19.1. The Morgan fingerprint density at radius 2 is 2.14 bits per heavy atom. The van der Waals surface area contributed by atoms with E-state index in [1.54, 1.807) is 6.07 Å². The highest BCUT2D eigenvalue weighted by molar-refractivity contribution is 6.30. The quantitative estimate of drug-likeness (QED) is 0.921. The molecule has 0 spiro atoms. The van der Waals surface area contributed by atoms with Crippen molar-refractivity contribution in [2.24, 2.45) is 0 Å². The van der Waals surface area contributed by atoms with Crippen LogP contribution in [-0.4, -0.2) is 20.2 Å². The Balaban J connectivity index is 1.96. The van der Waals surface area contributed by atoms with Gasteiger partial charge in [-0.05, 0) is 60.8 Å². The Morgan fingerprint density at radius 1 is 1.32 bits per heavy atom. The number of nitrogens with one attached hydrogen (secondary N) is 1. The van der Waals surface area contributed by atoms with Crippen molar-refractivity contribution in [1.29, 1.82) is 0 Å². The zero-order chi connectivity index (χ0) is 15.7. The molecule has 2 aromatic carbocycles. The van der Waals surface area contributed by atoms with Gasteiger partial charge >= 0.3 is 0 Å². The van der Waals surface area contributed by atoms with Gasteiger partial charge in [0.25, 0.3) is 0 Å². The first-order chi connectivity index (χ1) is 10.6.